The average Bonchev–Trinajstić information content (AvgIpc) is 3.18. The molecule has 0 spiro atoms. The van der Waals surface area contributed by atoms with Gasteiger partial charge >= 0.3 is 6.09 Å². The Kier molecular flexibility index (Phi) is 5.14. The van der Waals surface area contributed by atoms with Crippen LogP contribution in [-0.2, 0) is 0 Å². The molecule has 0 aliphatic carbocycles. The van der Waals surface area contributed by atoms with Crippen molar-refractivity contribution >= 4 is 33.5 Å². The lowest BCUT2D eigenvalue weighted by molar-refractivity contribution is 0.159. The molecule has 3 aromatic rings. The van der Waals surface area contributed by atoms with Gasteiger partial charge in [0.15, 0.2) is 16.1 Å². The number of nitrogens with zero attached hydrogens (tertiary/aromatic N) is 5. The van der Waals surface area contributed by atoms with Crippen LogP contribution in [0.1, 0.15) is 0 Å². The highest BCUT2D eigenvalue weighted by Crippen LogP contribution is 2.25. The smallest absolute Gasteiger partial charge is 0.415 e. The third-order valence-electron chi connectivity index (χ3n) is 3.63. The fraction of sp³-hybridized carbons (Fsp3) is 0.312. The highest BCUT2D eigenvalue weighted by atomic mass is 79.9. The Morgan fingerprint density at radius 3 is 2.73 bits per heavy atom. The van der Waals surface area contributed by atoms with Crippen molar-refractivity contribution in [2.45, 2.75) is 0 Å². The number of likely N-dealkylation sites (N-methyl/N-ethyl adjacent to an activating group) is 2. The number of furan rings is 1. The Morgan fingerprint density at radius 1 is 1.31 bits per heavy atom. The van der Waals surface area contributed by atoms with Crippen LogP contribution in [-0.4, -0.2) is 64.7 Å². The number of pyridine rings is 1. The first-order chi connectivity index (χ1) is 12.3. The minimum absolute atomic E-state index is 0.297. The maximum Gasteiger partial charge on any atom is 0.415 e. The summed E-state index contributed by atoms with van der Waals surface area (Å²) in [6.45, 7) is 1.28. The number of halogens is 1. The van der Waals surface area contributed by atoms with E-state index in [1.807, 2.05) is 19.0 Å². The second-order valence-electron chi connectivity index (χ2n) is 6.02. The summed E-state index contributed by atoms with van der Waals surface area (Å²) in [6.07, 6.45) is -0.467. The quantitative estimate of drug-likeness (QED) is 0.672. The first-order valence-corrected chi connectivity index (χ1v) is 8.62. The van der Waals surface area contributed by atoms with Gasteiger partial charge in [0.1, 0.15) is 11.6 Å². The maximum atomic E-state index is 12.2. The van der Waals surface area contributed by atoms with E-state index in [2.05, 4.69) is 26.0 Å². The molecule has 0 atom stereocenters. The summed E-state index contributed by atoms with van der Waals surface area (Å²) in [6, 6.07) is 6.63. The maximum absolute atomic E-state index is 12.2. The van der Waals surface area contributed by atoms with Gasteiger partial charge in [0.25, 0.3) is 0 Å². The van der Waals surface area contributed by atoms with Gasteiger partial charge in [-0.1, -0.05) is 0 Å². The number of amides is 1. The van der Waals surface area contributed by atoms with Crippen LogP contribution in [0.2, 0.25) is 0 Å². The first kappa shape index (κ1) is 18.2. The minimum atomic E-state index is -0.467. The van der Waals surface area contributed by atoms with Gasteiger partial charge in [-0.3, -0.25) is 0 Å². The zero-order chi connectivity index (χ0) is 18.8. The molecule has 3 aromatic heterocycles. The Hall–Kier alpha value is -2.59. The van der Waals surface area contributed by atoms with Crippen LogP contribution >= 0.6 is 15.9 Å². The second kappa shape index (κ2) is 7.34. The molecule has 26 heavy (non-hydrogen) atoms. The summed E-state index contributed by atoms with van der Waals surface area (Å²) in [5, 5.41) is 4.31. The van der Waals surface area contributed by atoms with Crippen LogP contribution in [0, 0.1) is 0 Å². The van der Waals surface area contributed by atoms with Gasteiger partial charge in [0.2, 0.25) is 5.82 Å². The van der Waals surface area contributed by atoms with Crippen LogP contribution in [0.3, 0.4) is 0 Å². The van der Waals surface area contributed by atoms with E-state index < -0.39 is 6.09 Å². The van der Waals surface area contributed by atoms with E-state index in [1.54, 1.807) is 25.2 Å². The Labute approximate surface area is 158 Å². The van der Waals surface area contributed by atoms with Crippen molar-refractivity contribution < 1.29 is 13.9 Å². The Morgan fingerprint density at radius 2 is 2.08 bits per heavy atom. The van der Waals surface area contributed by atoms with Gasteiger partial charge in [-0.15, -0.1) is 5.10 Å². The molecule has 138 valence electrons. The van der Waals surface area contributed by atoms with Crippen molar-refractivity contribution in [3.8, 4) is 17.3 Å². The monoisotopic (exact) mass is 422 g/mol. The molecule has 0 saturated carbocycles. The molecule has 0 unspecified atom stereocenters. The summed E-state index contributed by atoms with van der Waals surface area (Å²) in [7, 11) is 5.56. The van der Waals surface area contributed by atoms with Crippen molar-refractivity contribution in [3.05, 3.63) is 28.9 Å². The van der Waals surface area contributed by atoms with E-state index in [9.17, 15) is 4.79 Å². The molecule has 10 heteroatoms. The molecule has 0 saturated heterocycles. The molecule has 0 aliphatic rings. The average molecular weight is 423 g/mol. The largest absolute Gasteiger partial charge is 0.446 e. The highest BCUT2D eigenvalue weighted by Gasteiger charge is 2.16. The van der Waals surface area contributed by atoms with E-state index in [4.69, 9.17) is 14.9 Å². The van der Waals surface area contributed by atoms with Crippen LogP contribution in [0.5, 0.6) is 5.75 Å². The first-order valence-electron chi connectivity index (χ1n) is 7.83. The van der Waals surface area contributed by atoms with Crippen molar-refractivity contribution in [1.29, 1.82) is 0 Å². The van der Waals surface area contributed by atoms with Crippen molar-refractivity contribution in [1.82, 2.24) is 24.4 Å². The molecule has 0 radical (unpaired) electrons. The third-order valence-corrected chi connectivity index (χ3v) is 4.06. The number of hydrogen-bond donors (Lipinski definition) is 1. The Balaban J connectivity index is 1.81. The molecule has 3 heterocycles. The van der Waals surface area contributed by atoms with E-state index in [0.29, 0.717) is 40.0 Å². The number of nitrogen functional groups attached to an aromatic ring is 1. The molecule has 0 aliphatic heterocycles. The molecule has 1 amide bonds. The number of aromatic nitrogens is 3. The molecular weight excluding hydrogens is 404 g/mol. The summed E-state index contributed by atoms with van der Waals surface area (Å²) < 4.78 is 12.9. The van der Waals surface area contributed by atoms with E-state index in [0.717, 1.165) is 6.54 Å². The lowest BCUT2D eigenvalue weighted by atomic mass is 10.4. The number of nitrogens with two attached hydrogens (primary N) is 1. The predicted octanol–water partition coefficient (Wildman–Crippen LogP) is 2.33. The molecule has 0 fully saturated rings. The molecule has 0 aromatic carbocycles. The van der Waals surface area contributed by atoms with E-state index in [-0.39, 0.29) is 0 Å². The number of anilines is 1. The predicted molar refractivity (Wildman–Crippen MR) is 100 cm³/mol. The minimum Gasteiger partial charge on any atom is -0.446 e. The number of ether oxygens (including phenoxy) is 1. The van der Waals surface area contributed by atoms with Crippen LogP contribution in [0.15, 0.2) is 33.4 Å². The number of carbonyl (C=O) groups is 1. The van der Waals surface area contributed by atoms with Crippen LogP contribution in [0.25, 0.3) is 17.2 Å². The van der Waals surface area contributed by atoms with Gasteiger partial charge in [0.05, 0.1) is 0 Å². The molecule has 2 N–H and O–H groups in total. The lowest BCUT2D eigenvalue weighted by Gasteiger charge is -2.19. The zero-order valence-electron chi connectivity index (χ0n) is 14.6. The van der Waals surface area contributed by atoms with Crippen LogP contribution < -0.4 is 10.5 Å². The summed E-state index contributed by atoms with van der Waals surface area (Å²) in [5.74, 6) is 1.48. The van der Waals surface area contributed by atoms with Crippen LogP contribution in [0.4, 0.5) is 10.6 Å². The second-order valence-corrected chi connectivity index (χ2v) is 6.80. The molecule has 9 nitrogen and oxygen atoms in total. The zero-order valence-corrected chi connectivity index (χ0v) is 16.2. The normalized spacial score (nSPS) is 11.3. The number of carbonyl (C=O) groups excluding carboxylic acids is 1. The highest BCUT2D eigenvalue weighted by molar-refractivity contribution is 9.10. The lowest BCUT2D eigenvalue weighted by Crippen LogP contribution is -2.35. The van der Waals surface area contributed by atoms with Crippen molar-refractivity contribution in [2.24, 2.45) is 0 Å². The van der Waals surface area contributed by atoms with E-state index in [1.165, 1.54) is 15.5 Å². The van der Waals surface area contributed by atoms with Gasteiger partial charge in [-0.25, -0.2) is 9.78 Å². The van der Waals surface area contributed by atoms with Gasteiger partial charge < -0.3 is 24.7 Å². The van der Waals surface area contributed by atoms with Crippen molar-refractivity contribution in [2.75, 3.05) is 40.0 Å². The Bertz CT molecular complexity index is 935. The summed E-state index contributed by atoms with van der Waals surface area (Å²) in [4.78, 5) is 20.0. The SMILES string of the molecule is CN(C)CCN(C)C(=O)Oc1cc(N)n2nc(-c3ccc(Br)o3)nc2c1. The van der Waals surface area contributed by atoms with Gasteiger partial charge in [0, 0.05) is 32.3 Å². The third kappa shape index (κ3) is 3.97. The molecule has 0 bridgehead atoms. The fourth-order valence-corrected chi connectivity index (χ4v) is 2.51. The summed E-state index contributed by atoms with van der Waals surface area (Å²) >= 11 is 3.24. The van der Waals surface area contributed by atoms with Gasteiger partial charge in [-0.05, 0) is 42.2 Å². The summed E-state index contributed by atoms with van der Waals surface area (Å²) in [5.41, 5.74) is 6.46. The molecule has 3 rings (SSSR count). The molecular formula is C16H19BrN6O3. The van der Waals surface area contributed by atoms with Crippen molar-refractivity contribution in [3.63, 3.8) is 0 Å². The topological polar surface area (TPSA) is 102 Å². The standard InChI is InChI=1S/C16H19BrN6O3/c1-21(2)6-7-22(3)16(24)25-10-8-13(18)23-14(9-10)19-15(20-23)11-4-5-12(17)26-11/h4-5,8-9H,6-7,18H2,1-3H3. The van der Waals surface area contributed by atoms with Gasteiger partial charge in [-0.2, -0.15) is 4.52 Å². The van der Waals surface area contributed by atoms with E-state index >= 15 is 0 Å². The number of hydrogen-bond acceptors (Lipinski definition) is 7. The number of fused-ring (bicyclic) bond motifs is 1. The number of rotatable bonds is 5. The fourth-order valence-electron chi connectivity index (χ4n) is 2.20.